The van der Waals surface area contributed by atoms with Crippen molar-refractivity contribution in [3.8, 4) is 0 Å². The van der Waals surface area contributed by atoms with Crippen LogP contribution >= 0.6 is 12.4 Å². The molecule has 0 heterocycles. The van der Waals surface area contributed by atoms with Gasteiger partial charge in [0.1, 0.15) is 0 Å². The van der Waals surface area contributed by atoms with Gasteiger partial charge in [-0.05, 0) is 0 Å². The molecule has 0 rings (SSSR count). The zero-order chi connectivity index (χ0) is 4.12. The Balaban J connectivity index is -0.0000000800. The van der Waals surface area contributed by atoms with Gasteiger partial charge in [-0.2, -0.15) is 0 Å². The van der Waals surface area contributed by atoms with Crippen molar-refractivity contribution in [2.75, 3.05) is 0 Å². The van der Waals surface area contributed by atoms with Crippen molar-refractivity contribution in [1.29, 1.82) is 0 Å². The predicted molar refractivity (Wildman–Crippen MR) is 37.6 cm³/mol. The van der Waals surface area contributed by atoms with Gasteiger partial charge in [0.25, 0.3) is 0 Å². The van der Waals surface area contributed by atoms with Crippen LogP contribution in [0.25, 0.3) is 0 Å². The highest BCUT2D eigenvalue weighted by molar-refractivity contribution is 6.34. The normalized spacial score (nSPS) is 5.43. The van der Waals surface area contributed by atoms with Gasteiger partial charge in [0, 0.05) is 0 Å². The van der Waals surface area contributed by atoms with Gasteiger partial charge >= 0.3 is 0 Å². The molecule has 0 unspecified atom stereocenters. The molecule has 1 nitrogen and oxygen atoms in total. The maximum atomic E-state index is 2.25. The van der Waals surface area contributed by atoms with Crippen molar-refractivity contribution in [3.05, 3.63) is 0 Å². The Morgan fingerprint density at radius 3 is 1.43 bits per heavy atom. The minimum absolute atomic E-state index is 0. The average Bonchev–Trinajstić information content (AvgIpc) is 1.41. The molecule has 0 aliphatic carbocycles. The third kappa shape index (κ3) is 20.0. The summed E-state index contributed by atoms with van der Waals surface area (Å²) in [6.07, 6.45) is 0. The van der Waals surface area contributed by atoms with Crippen LogP contribution in [0.1, 0.15) is 13.8 Å². The van der Waals surface area contributed by atoms with Crippen molar-refractivity contribution >= 4 is 27.6 Å². The van der Waals surface area contributed by atoms with Gasteiger partial charge in [-0.1, -0.05) is 13.8 Å². The van der Waals surface area contributed by atoms with Crippen LogP contribution in [-0.4, -0.2) is 20.7 Å². The van der Waals surface area contributed by atoms with E-state index in [1.165, 1.54) is 10.6 Å². The second-order valence-electron chi connectivity index (χ2n) is 1.11. The molecule has 0 aliphatic rings. The lowest BCUT2D eigenvalue weighted by Gasteiger charge is -1.74. The number of hydrogen-bond donors (Lipinski definition) is 0. The average molecular weight is 140 g/mol. The van der Waals surface area contributed by atoms with Crippen LogP contribution in [0.2, 0.25) is 10.6 Å². The van der Waals surface area contributed by atoms with E-state index in [9.17, 15) is 0 Å². The van der Waals surface area contributed by atoms with E-state index in [2.05, 4.69) is 13.8 Å². The number of rotatable bonds is 2. The lowest BCUT2D eigenvalue weighted by Crippen LogP contribution is -1.76. The smallest absolute Gasteiger partial charge is 0.198 e. The second kappa shape index (κ2) is 15.9. The maximum Gasteiger partial charge on any atom is 0.198 e. The number of halogens is 1. The van der Waals surface area contributed by atoms with E-state index in [-0.39, 0.29) is 17.9 Å². The summed E-state index contributed by atoms with van der Waals surface area (Å²) < 4.78 is 0. The van der Waals surface area contributed by atoms with Crippen molar-refractivity contribution < 1.29 is 5.48 Å². The fourth-order valence-electron chi connectivity index (χ4n) is 0.289. The van der Waals surface area contributed by atoms with Gasteiger partial charge in [-0.15, -0.1) is 23.0 Å². The van der Waals surface area contributed by atoms with E-state index in [0.717, 1.165) is 15.2 Å². The number of hydrogen-bond acceptors (Lipinski definition) is 0. The molecule has 45 valence electrons. The first kappa shape index (κ1) is 15.7. The first-order valence-electron chi connectivity index (χ1n) is 2.23. The lowest BCUT2D eigenvalue weighted by atomic mass is 10.9. The van der Waals surface area contributed by atoms with Crippen LogP contribution in [0, 0.1) is 0 Å². The molecule has 1 radical (unpaired) electrons. The Bertz CT molecular complexity index is 19.2. The molecule has 7 heavy (non-hydrogen) atoms. The van der Waals surface area contributed by atoms with Crippen molar-refractivity contribution in [2.45, 2.75) is 24.4 Å². The van der Waals surface area contributed by atoms with Crippen molar-refractivity contribution in [1.82, 2.24) is 0 Å². The van der Waals surface area contributed by atoms with Crippen molar-refractivity contribution in [2.24, 2.45) is 0 Å². The SMILES string of the molecule is C[CH2][Al][CH2]C.Cl.O. The molecule has 0 aliphatic heterocycles. The molecular formula is C4H13AlClO. The van der Waals surface area contributed by atoms with Gasteiger partial charge in [0.05, 0.1) is 0 Å². The van der Waals surface area contributed by atoms with Crippen LogP contribution in [0.15, 0.2) is 0 Å². The second-order valence-corrected chi connectivity index (χ2v) is 3.32. The monoisotopic (exact) mass is 139 g/mol. The van der Waals surface area contributed by atoms with E-state index in [1.54, 1.807) is 0 Å². The molecule has 3 heteroatoms. The summed E-state index contributed by atoms with van der Waals surface area (Å²) in [5.74, 6) is 0. The molecule has 0 saturated heterocycles. The summed E-state index contributed by atoms with van der Waals surface area (Å²) >= 11 is 0.815. The lowest BCUT2D eigenvalue weighted by molar-refractivity contribution is 0.824. The molecule has 0 aromatic heterocycles. The van der Waals surface area contributed by atoms with Gasteiger partial charge < -0.3 is 5.48 Å². The van der Waals surface area contributed by atoms with Crippen LogP contribution in [-0.2, 0) is 0 Å². The van der Waals surface area contributed by atoms with E-state index in [4.69, 9.17) is 0 Å². The minimum atomic E-state index is 0. The van der Waals surface area contributed by atoms with Gasteiger partial charge in [0.2, 0.25) is 0 Å². The highest BCUT2D eigenvalue weighted by atomic mass is 35.5. The van der Waals surface area contributed by atoms with Crippen LogP contribution < -0.4 is 0 Å². The Morgan fingerprint density at radius 1 is 1.14 bits per heavy atom. The molecule has 0 aromatic carbocycles. The standard InChI is InChI=1S/2C2H5.Al.ClH.H2O/c2*1-2;;;/h2*1H2,2H3;;1H;1H2. The predicted octanol–water partition coefficient (Wildman–Crippen LogP) is 1.16. The highest BCUT2D eigenvalue weighted by Gasteiger charge is 1.74. The molecule has 0 fully saturated rings. The van der Waals surface area contributed by atoms with Gasteiger partial charge in [0.15, 0.2) is 15.2 Å². The summed E-state index contributed by atoms with van der Waals surface area (Å²) in [4.78, 5) is 0. The summed E-state index contributed by atoms with van der Waals surface area (Å²) in [5.41, 5.74) is 0. The molecule has 0 atom stereocenters. The summed E-state index contributed by atoms with van der Waals surface area (Å²) in [5, 5.41) is 2.85. The Kier molecular flexibility index (Phi) is 35.4. The molecular weight excluding hydrogens is 126 g/mol. The van der Waals surface area contributed by atoms with E-state index in [0.29, 0.717) is 0 Å². The molecule has 0 spiro atoms. The molecule has 0 aromatic rings. The van der Waals surface area contributed by atoms with E-state index in [1.807, 2.05) is 0 Å². The molecule has 0 amide bonds. The largest absolute Gasteiger partial charge is 0.412 e. The zero-order valence-corrected chi connectivity index (χ0v) is 6.87. The van der Waals surface area contributed by atoms with E-state index < -0.39 is 0 Å². The minimum Gasteiger partial charge on any atom is -0.412 e. The third-order valence-corrected chi connectivity index (χ3v) is 1.73. The summed E-state index contributed by atoms with van der Waals surface area (Å²) in [7, 11) is 0. The Morgan fingerprint density at radius 2 is 1.43 bits per heavy atom. The fourth-order valence-corrected chi connectivity index (χ4v) is 0.866. The molecule has 0 bridgehead atoms. The summed E-state index contributed by atoms with van der Waals surface area (Å²) in [6.45, 7) is 4.50. The highest BCUT2D eigenvalue weighted by Crippen LogP contribution is 1.77. The van der Waals surface area contributed by atoms with Crippen LogP contribution in [0.5, 0.6) is 0 Å². The maximum absolute atomic E-state index is 2.25. The topological polar surface area (TPSA) is 31.5 Å². The molecule has 2 N–H and O–H groups in total. The van der Waals surface area contributed by atoms with Crippen LogP contribution in [0.3, 0.4) is 0 Å². The third-order valence-electron chi connectivity index (χ3n) is 0.577. The fraction of sp³-hybridized carbons (Fsp3) is 1.00. The Labute approximate surface area is 57.9 Å². The van der Waals surface area contributed by atoms with Crippen LogP contribution in [0.4, 0.5) is 0 Å². The molecule has 0 saturated carbocycles. The van der Waals surface area contributed by atoms with Crippen molar-refractivity contribution in [3.63, 3.8) is 0 Å². The first-order chi connectivity index (χ1) is 2.41. The van der Waals surface area contributed by atoms with Gasteiger partial charge in [-0.25, -0.2) is 0 Å². The van der Waals surface area contributed by atoms with Gasteiger partial charge in [-0.3, -0.25) is 0 Å². The zero-order valence-electron chi connectivity index (χ0n) is 4.90. The first-order valence-corrected chi connectivity index (χ1v) is 3.86. The quantitative estimate of drug-likeness (QED) is 0.515. The van der Waals surface area contributed by atoms with E-state index >= 15 is 0 Å². The Hall–Kier alpha value is 0.782. The summed E-state index contributed by atoms with van der Waals surface area (Å²) in [6, 6.07) is 0.